The van der Waals surface area contributed by atoms with Crippen LogP contribution in [0.5, 0.6) is 0 Å². The summed E-state index contributed by atoms with van der Waals surface area (Å²) >= 11 is 3.71. The molecule has 3 rings (SSSR count). The highest BCUT2D eigenvalue weighted by Gasteiger charge is 2.41. The highest BCUT2D eigenvalue weighted by molar-refractivity contribution is 9.09. The molecule has 2 nitrogen and oxygen atoms in total. The maximum absolute atomic E-state index is 4.83. The van der Waals surface area contributed by atoms with Gasteiger partial charge in [-0.05, 0) is 49.5 Å². The Morgan fingerprint density at radius 1 is 1.33 bits per heavy atom. The lowest BCUT2D eigenvalue weighted by Crippen LogP contribution is -2.24. The molecule has 2 aliphatic rings. The largest absolute Gasteiger partial charge is 0.269 e. The Hall–Kier alpha value is -0.310. The molecule has 0 radical (unpaired) electrons. The van der Waals surface area contributed by atoms with Crippen LogP contribution in [0.4, 0.5) is 0 Å². The second-order valence-corrected chi connectivity index (χ2v) is 7.02. The lowest BCUT2D eigenvalue weighted by atomic mass is 9.82. The van der Waals surface area contributed by atoms with Gasteiger partial charge in [0.05, 0.1) is 11.7 Å². The quantitative estimate of drug-likeness (QED) is 0.739. The summed E-state index contributed by atoms with van der Waals surface area (Å²) < 4.78 is 2.23. The molecule has 1 atom stereocenters. The molecule has 0 spiro atoms. The summed E-state index contributed by atoms with van der Waals surface area (Å²) in [5, 5.41) is 5.93. The van der Waals surface area contributed by atoms with E-state index in [-0.39, 0.29) is 0 Å². The molecular formula is C15H23BrN2. The van der Waals surface area contributed by atoms with Crippen LogP contribution in [0.2, 0.25) is 0 Å². The molecule has 2 fully saturated rings. The first-order valence-electron chi connectivity index (χ1n) is 7.31. The Morgan fingerprint density at radius 2 is 2.06 bits per heavy atom. The van der Waals surface area contributed by atoms with Crippen molar-refractivity contribution in [2.24, 2.45) is 11.3 Å². The van der Waals surface area contributed by atoms with Gasteiger partial charge in [-0.2, -0.15) is 5.10 Å². The molecule has 18 heavy (non-hydrogen) atoms. The summed E-state index contributed by atoms with van der Waals surface area (Å²) in [5.41, 5.74) is 1.70. The van der Waals surface area contributed by atoms with E-state index < -0.39 is 0 Å². The molecule has 3 heteroatoms. The number of aromatic nitrogens is 2. The van der Waals surface area contributed by atoms with E-state index in [1.54, 1.807) is 0 Å². The van der Waals surface area contributed by atoms with Gasteiger partial charge in [-0.1, -0.05) is 35.7 Å². The number of hydrogen-bond donors (Lipinski definition) is 0. The van der Waals surface area contributed by atoms with Crippen LogP contribution < -0.4 is 0 Å². The van der Waals surface area contributed by atoms with E-state index in [0.717, 1.165) is 17.7 Å². The van der Waals surface area contributed by atoms with E-state index in [2.05, 4.69) is 39.8 Å². The van der Waals surface area contributed by atoms with E-state index in [4.69, 9.17) is 5.10 Å². The van der Waals surface area contributed by atoms with Crippen molar-refractivity contribution >= 4 is 15.9 Å². The van der Waals surface area contributed by atoms with E-state index in [1.165, 1.54) is 44.2 Å². The Balaban J connectivity index is 1.69. The minimum atomic E-state index is 0.412. The number of rotatable bonds is 5. The molecule has 1 aromatic rings. The van der Waals surface area contributed by atoms with E-state index in [1.807, 2.05) is 0 Å². The molecule has 0 amide bonds. The Morgan fingerprint density at radius 3 is 2.67 bits per heavy atom. The van der Waals surface area contributed by atoms with Crippen molar-refractivity contribution in [2.75, 3.05) is 5.33 Å². The van der Waals surface area contributed by atoms with Crippen LogP contribution in [-0.4, -0.2) is 15.1 Å². The van der Waals surface area contributed by atoms with Crippen LogP contribution in [0, 0.1) is 11.3 Å². The Kier molecular flexibility index (Phi) is 3.52. The van der Waals surface area contributed by atoms with Crippen molar-refractivity contribution in [3.8, 4) is 0 Å². The molecule has 2 saturated carbocycles. The van der Waals surface area contributed by atoms with E-state index >= 15 is 0 Å². The Bertz CT molecular complexity index is 404. The summed E-state index contributed by atoms with van der Waals surface area (Å²) in [5.74, 6) is 0.911. The average Bonchev–Trinajstić information content (AvgIpc) is 2.91. The third kappa shape index (κ3) is 2.52. The summed E-state index contributed by atoms with van der Waals surface area (Å²) in [6, 6.07) is 2.91. The highest BCUT2D eigenvalue weighted by atomic mass is 79.9. The van der Waals surface area contributed by atoms with Crippen molar-refractivity contribution in [1.82, 2.24) is 9.78 Å². The van der Waals surface area contributed by atoms with Gasteiger partial charge in [0.2, 0.25) is 0 Å². The van der Waals surface area contributed by atoms with E-state index in [0.29, 0.717) is 11.5 Å². The summed E-state index contributed by atoms with van der Waals surface area (Å²) in [4.78, 5) is 0. The van der Waals surface area contributed by atoms with Gasteiger partial charge in [0.25, 0.3) is 0 Å². The maximum atomic E-state index is 4.83. The third-order valence-corrected chi connectivity index (χ3v) is 6.10. The predicted molar refractivity (Wildman–Crippen MR) is 78.1 cm³/mol. The summed E-state index contributed by atoms with van der Waals surface area (Å²) in [6.07, 6.45) is 11.5. The van der Waals surface area contributed by atoms with Gasteiger partial charge in [-0.15, -0.1) is 0 Å². The lowest BCUT2D eigenvalue weighted by molar-refractivity contribution is 0.313. The molecule has 0 aliphatic heterocycles. The molecule has 0 N–H and O–H groups in total. The fourth-order valence-corrected chi connectivity index (χ4v) is 3.99. The molecular weight excluding hydrogens is 288 g/mol. The fourth-order valence-electron chi connectivity index (χ4n) is 3.34. The lowest BCUT2D eigenvalue weighted by Gasteiger charge is -2.26. The van der Waals surface area contributed by atoms with Crippen LogP contribution in [0.1, 0.15) is 57.2 Å². The monoisotopic (exact) mass is 310 g/mol. The van der Waals surface area contributed by atoms with Gasteiger partial charge < -0.3 is 0 Å². The van der Waals surface area contributed by atoms with Gasteiger partial charge in [-0.25, -0.2) is 0 Å². The van der Waals surface area contributed by atoms with Crippen LogP contribution in [0.25, 0.3) is 0 Å². The van der Waals surface area contributed by atoms with Gasteiger partial charge >= 0.3 is 0 Å². The first-order chi connectivity index (χ1) is 8.71. The molecule has 0 bridgehead atoms. The van der Waals surface area contributed by atoms with Crippen LogP contribution in [-0.2, 0) is 6.42 Å². The van der Waals surface area contributed by atoms with Crippen molar-refractivity contribution in [2.45, 2.75) is 57.9 Å². The smallest absolute Gasteiger partial charge is 0.0630 e. The average molecular weight is 311 g/mol. The van der Waals surface area contributed by atoms with Crippen LogP contribution >= 0.6 is 15.9 Å². The molecule has 0 aromatic carbocycles. The molecule has 100 valence electrons. The van der Waals surface area contributed by atoms with Gasteiger partial charge in [-0.3, -0.25) is 4.68 Å². The maximum Gasteiger partial charge on any atom is 0.0630 e. The zero-order chi connectivity index (χ0) is 12.6. The number of alkyl halides is 1. The van der Waals surface area contributed by atoms with E-state index in [9.17, 15) is 0 Å². The zero-order valence-electron chi connectivity index (χ0n) is 11.2. The molecule has 2 aliphatic carbocycles. The van der Waals surface area contributed by atoms with Gasteiger partial charge in [0.1, 0.15) is 0 Å². The first-order valence-corrected chi connectivity index (χ1v) is 8.43. The normalized spacial score (nSPS) is 24.3. The predicted octanol–water partition coefficient (Wildman–Crippen LogP) is 4.35. The second-order valence-electron chi connectivity index (χ2n) is 6.46. The zero-order valence-corrected chi connectivity index (χ0v) is 12.8. The van der Waals surface area contributed by atoms with Crippen molar-refractivity contribution < 1.29 is 0 Å². The highest BCUT2D eigenvalue weighted by Crippen LogP contribution is 2.48. The van der Waals surface area contributed by atoms with Crippen molar-refractivity contribution in [3.05, 3.63) is 18.0 Å². The van der Waals surface area contributed by atoms with Crippen molar-refractivity contribution in [1.29, 1.82) is 0 Å². The summed E-state index contributed by atoms with van der Waals surface area (Å²) in [6.45, 7) is 2.41. The third-order valence-electron chi connectivity index (χ3n) is 4.82. The number of hydrogen-bond acceptors (Lipinski definition) is 1. The molecule has 1 aromatic heterocycles. The minimum absolute atomic E-state index is 0.412. The molecule has 0 saturated heterocycles. The Labute approximate surface area is 118 Å². The number of halogens is 1. The van der Waals surface area contributed by atoms with Crippen molar-refractivity contribution in [3.63, 3.8) is 0 Å². The second kappa shape index (κ2) is 4.99. The van der Waals surface area contributed by atoms with Gasteiger partial charge in [0.15, 0.2) is 0 Å². The number of nitrogens with zero attached hydrogens (tertiary/aromatic N) is 2. The standard InChI is InChI=1S/C15H23BrN2/c1-15(11-16,12-6-7-12)10-13-8-9-18(17-13)14-4-2-3-5-14/h8-9,12,14H,2-7,10-11H2,1H3. The summed E-state index contributed by atoms with van der Waals surface area (Å²) in [7, 11) is 0. The van der Waals surface area contributed by atoms with Crippen LogP contribution in [0.3, 0.4) is 0 Å². The van der Waals surface area contributed by atoms with Crippen LogP contribution in [0.15, 0.2) is 12.3 Å². The fraction of sp³-hybridized carbons (Fsp3) is 0.800. The van der Waals surface area contributed by atoms with Gasteiger partial charge in [0, 0.05) is 11.5 Å². The molecule has 1 unspecified atom stereocenters. The first kappa shape index (κ1) is 12.7. The minimum Gasteiger partial charge on any atom is -0.269 e. The molecule has 1 heterocycles. The SMILES string of the molecule is CC(CBr)(Cc1ccn(C2CCCC2)n1)C1CC1. The topological polar surface area (TPSA) is 17.8 Å².